The van der Waals surface area contributed by atoms with Crippen LogP contribution in [0.3, 0.4) is 0 Å². The second-order valence-corrected chi connectivity index (χ2v) is 4.61. The second-order valence-electron chi connectivity index (χ2n) is 3.70. The van der Waals surface area contributed by atoms with E-state index in [1.165, 1.54) is 0 Å². The largest absolute Gasteiger partial charge is 0.493 e. The first kappa shape index (κ1) is 15.3. The van der Waals surface area contributed by atoms with E-state index in [2.05, 4.69) is 21.2 Å². The molecule has 0 bridgehead atoms. The minimum absolute atomic E-state index is 0.614. The number of hydrogen-bond donors (Lipinski definition) is 1. The standard InChI is InChI=1S/C13H20BrNO3/c1-4-18-13-10(9-15-5-6-16-2)7-11(14)8-12(13)17-3/h7-8,15H,4-6,9H2,1-3H3. The minimum Gasteiger partial charge on any atom is -0.493 e. The Labute approximate surface area is 117 Å². The number of methoxy groups -OCH3 is 2. The van der Waals surface area contributed by atoms with Gasteiger partial charge >= 0.3 is 0 Å². The molecule has 102 valence electrons. The lowest BCUT2D eigenvalue weighted by Crippen LogP contribution is -2.19. The zero-order chi connectivity index (χ0) is 13.4. The van der Waals surface area contributed by atoms with Gasteiger partial charge in [-0.1, -0.05) is 15.9 Å². The molecule has 0 saturated heterocycles. The van der Waals surface area contributed by atoms with E-state index in [1.54, 1.807) is 14.2 Å². The lowest BCUT2D eigenvalue weighted by atomic mass is 10.2. The maximum absolute atomic E-state index is 5.65. The van der Waals surface area contributed by atoms with Gasteiger partial charge in [0.2, 0.25) is 0 Å². The van der Waals surface area contributed by atoms with Crippen LogP contribution < -0.4 is 14.8 Å². The second kappa shape index (κ2) is 8.34. The Morgan fingerprint density at radius 2 is 2.06 bits per heavy atom. The van der Waals surface area contributed by atoms with Gasteiger partial charge in [0.05, 0.1) is 20.3 Å². The van der Waals surface area contributed by atoms with E-state index >= 15 is 0 Å². The maximum Gasteiger partial charge on any atom is 0.165 e. The summed E-state index contributed by atoms with van der Waals surface area (Å²) < 4.78 is 17.0. The number of nitrogens with one attached hydrogen (secondary N) is 1. The maximum atomic E-state index is 5.65. The molecule has 4 nitrogen and oxygen atoms in total. The predicted octanol–water partition coefficient (Wildman–Crippen LogP) is 2.59. The van der Waals surface area contributed by atoms with Crippen LogP contribution in [0.5, 0.6) is 11.5 Å². The van der Waals surface area contributed by atoms with E-state index in [0.29, 0.717) is 19.8 Å². The molecule has 1 aromatic rings. The van der Waals surface area contributed by atoms with Gasteiger partial charge in [0.1, 0.15) is 0 Å². The van der Waals surface area contributed by atoms with Crippen molar-refractivity contribution in [2.24, 2.45) is 0 Å². The molecule has 0 heterocycles. The van der Waals surface area contributed by atoms with Crippen molar-refractivity contribution in [1.82, 2.24) is 5.32 Å². The van der Waals surface area contributed by atoms with Crippen molar-refractivity contribution in [2.45, 2.75) is 13.5 Å². The highest BCUT2D eigenvalue weighted by atomic mass is 79.9. The monoisotopic (exact) mass is 317 g/mol. The number of hydrogen-bond acceptors (Lipinski definition) is 4. The van der Waals surface area contributed by atoms with E-state index in [-0.39, 0.29) is 0 Å². The Hall–Kier alpha value is -0.780. The number of halogens is 1. The Balaban J connectivity index is 2.82. The van der Waals surface area contributed by atoms with E-state index in [9.17, 15) is 0 Å². The zero-order valence-electron chi connectivity index (χ0n) is 11.1. The van der Waals surface area contributed by atoms with Crippen LogP contribution in [-0.2, 0) is 11.3 Å². The molecular weight excluding hydrogens is 298 g/mol. The Bertz CT molecular complexity index is 371. The number of benzene rings is 1. The SMILES string of the molecule is CCOc1c(CNCCOC)cc(Br)cc1OC. The lowest BCUT2D eigenvalue weighted by molar-refractivity contribution is 0.199. The van der Waals surface area contributed by atoms with Crippen molar-refractivity contribution < 1.29 is 14.2 Å². The van der Waals surface area contributed by atoms with Crippen LogP contribution in [0.4, 0.5) is 0 Å². The van der Waals surface area contributed by atoms with Crippen LogP contribution >= 0.6 is 15.9 Å². The Morgan fingerprint density at radius 3 is 2.67 bits per heavy atom. The number of rotatable bonds is 8. The van der Waals surface area contributed by atoms with Crippen molar-refractivity contribution in [2.75, 3.05) is 34.0 Å². The molecule has 0 atom stereocenters. The van der Waals surface area contributed by atoms with Crippen molar-refractivity contribution >= 4 is 15.9 Å². The molecule has 5 heteroatoms. The fraction of sp³-hybridized carbons (Fsp3) is 0.538. The summed E-state index contributed by atoms with van der Waals surface area (Å²) in [4.78, 5) is 0. The summed E-state index contributed by atoms with van der Waals surface area (Å²) in [5.41, 5.74) is 1.07. The third-order valence-electron chi connectivity index (χ3n) is 2.40. The fourth-order valence-electron chi connectivity index (χ4n) is 1.61. The van der Waals surface area contributed by atoms with E-state index in [4.69, 9.17) is 14.2 Å². The summed E-state index contributed by atoms with van der Waals surface area (Å²) in [7, 11) is 3.34. The van der Waals surface area contributed by atoms with E-state index in [1.807, 2.05) is 19.1 Å². The molecule has 1 aromatic carbocycles. The molecule has 18 heavy (non-hydrogen) atoms. The first-order valence-electron chi connectivity index (χ1n) is 5.91. The average Bonchev–Trinajstić information content (AvgIpc) is 2.37. The van der Waals surface area contributed by atoms with E-state index in [0.717, 1.165) is 28.1 Å². The third-order valence-corrected chi connectivity index (χ3v) is 2.86. The van der Waals surface area contributed by atoms with Gasteiger partial charge in [-0.25, -0.2) is 0 Å². The summed E-state index contributed by atoms with van der Waals surface area (Å²) >= 11 is 3.47. The molecule has 0 aromatic heterocycles. The van der Waals surface area contributed by atoms with Crippen molar-refractivity contribution in [3.8, 4) is 11.5 Å². The summed E-state index contributed by atoms with van der Waals surface area (Å²) in [6.45, 7) is 4.78. The van der Waals surface area contributed by atoms with Crippen LogP contribution in [0.25, 0.3) is 0 Å². The van der Waals surface area contributed by atoms with Gasteiger partial charge < -0.3 is 19.5 Å². The van der Waals surface area contributed by atoms with Gasteiger partial charge in [-0.15, -0.1) is 0 Å². The smallest absolute Gasteiger partial charge is 0.165 e. The van der Waals surface area contributed by atoms with Crippen LogP contribution in [0.2, 0.25) is 0 Å². The molecule has 0 spiro atoms. The highest BCUT2D eigenvalue weighted by Crippen LogP contribution is 2.34. The molecular formula is C13H20BrNO3. The summed E-state index contributed by atoms with van der Waals surface area (Å²) in [5, 5.41) is 3.30. The van der Waals surface area contributed by atoms with Gasteiger partial charge in [-0.3, -0.25) is 0 Å². The first-order valence-corrected chi connectivity index (χ1v) is 6.71. The third kappa shape index (κ3) is 4.48. The minimum atomic E-state index is 0.614. The molecule has 1 N–H and O–H groups in total. The topological polar surface area (TPSA) is 39.7 Å². The molecule has 0 aliphatic heterocycles. The van der Waals surface area contributed by atoms with Crippen LogP contribution in [-0.4, -0.2) is 34.0 Å². The summed E-state index contributed by atoms with van der Waals surface area (Å²) in [6.07, 6.45) is 0. The van der Waals surface area contributed by atoms with Crippen LogP contribution in [0.15, 0.2) is 16.6 Å². The molecule has 1 rings (SSSR count). The van der Waals surface area contributed by atoms with Gasteiger partial charge in [0, 0.05) is 30.2 Å². The normalized spacial score (nSPS) is 10.4. The van der Waals surface area contributed by atoms with Gasteiger partial charge in [-0.05, 0) is 19.1 Å². The van der Waals surface area contributed by atoms with Gasteiger partial charge in [0.25, 0.3) is 0 Å². The van der Waals surface area contributed by atoms with Crippen molar-refractivity contribution in [3.05, 3.63) is 22.2 Å². The molecule has 0 unspecified atom stereocenters. The lowest BCUT2D eigenvalue weighted by Gasteiger charge is -2.15. The zero-order valence-corrected chi connectivity index (χ0v) is 12.7. The highest BCUT2D eigenvalue weighted by molar-refractivity contribution is 9.10. The van der Waals surface area contributed by atoms with Crippen LogP contribution in [0.1, 0.15) is 12.5 Å². The highest BCUT2D eigenvalue weighted by Gasteiger charge is 2.11. The van der Waals surface area contributed by atoms with Gasteiger partial charge in [-0.2, -0.15) is 0 Å². The predicted molar refractivity (Wildman–Crippen MR) is 75.4 cm³/mol. The average molecular weight is 318 g/mol. The molecule has 0 radical (unpaired) electrons. The van der Waals surface area contributed by atoms with E-state index < -0.39 is 0 Å². The van der Waals surface area contributed by atoms with Crippen LogP contribution in [0, 0.1) is 0 Å². The Morgan fingerprint density at radius 1 is 1.28 bits per heavy atom. The summed E-state index contributed by atoms with van der Waals surface area (Å²) in [6, 6.07) is 3.94. The quantitative estimate of drug-likeness (QED) is 0.748. The molecule has 0 saturated carbocycles. The molecule has 0 aliphatic rings. The molecule has 0 fully saturated rings. The van der Waals surface area contributed by atoms with Crippen molar-refractivity contribution in [3.63, 3.8) is 0 Å². The Kier molecular flexibility index (Phi) is 7.08. The first-order chi connectivity index (χ1) is 8.72. The molecule has 0 aliphatic carbocycles. The summed E-state index contributed by atoms with van der Waals surface area (Å²) in [5.74, 6) is 1.54. The molecule has 0 amide bonds. The van der Waals surface area contributed by atoms with Crippen molar-refractivity contribution in [1.29, 1.82) is 0 Å². The number of ether oxygens (including phenoxy) is 3. The van der Waals surface area contributed by atoms with Gasteiger partial charge in [0.15, 0.2) is 11.5 Å². The fourth-order valence-corrected chi connectivity index (χ4v) is 2.10.